The van der Waals surface area contributed by atoms with Crippen molar-refractivity contribution in [2.24, 2.45) is 0 Å². The van der Waals surface area contributed by atoms with Crippen molar-refractivity contribution in [3.8, 4) is 5.75 Å². The quantitative estimate of drug-likeness (QED) is 0.439. The number of rotatable bonds is 7. The van der Waals surface area contributed by atoms with Gasteiger partial charge in [0.05, 0.1) is 5.60 Å². The van der Waals surface area contributed by atoms with Crippen molar-refractivity contribution in [3.63, 3.8) is 0 Å². The van der Waals surface area contributed by atoms with E-state index in [-0.39, 0.29) is 5.04 Å². The maximum absolute atomic E-state index is 10.3. The van der Waals surface area contributed by atoms with Crippen molar-refractivity contribution in [3.05, 3.63) is 48.1 Å². The van der Waals surface area contributed by atoms with E-state index in [1.165, 1.54) is 0 Å². The van der Waals surface area contributed by atoms with Crippen LogP contribution in [0.15, 0.2) is 42.5 Å². The molecule has 0 aliphatic rings. The van der Waals surface area contributed by atoms with Crippen molar-refractivity contribution in [2.75, 3.05) is 0 Å². The van der Waals surface area contributed by atoms with E-state index in [2.05, 4.69) is 59.0 Å². The number of benzene rings is 1. The molecule has 1 N–H and O–H groups in total. The van der Waals surface area contributed by atoms with Crippen LogP contribution in [0.1, 0.15) is 59.9 Å². The molecule has 0 atom stereocenters. The van der Waals surface area contributed by atoms with Gasteiger partial charge in [-0.25, -0.2) is 0 Å². The molecule has 0 spiro atoms. The second-order valence-electron chi connectivity index (χ2n) is 8.41. The van der Waals surface area contributed by atoms with E-state index in [1.54, 1.807) is 0 Å². The van der Waals surface area contributed by atoms with E-state index < -0.39 is 13.9 Å². The second-order valence-corrected chi connectivity index (χ2v) is 13.1. The SMILES string of the molecule is CCC(O)(/C=C\C=C(C)c1cccc(O[Si](C)(C)C(C)(C)C)c1)CC. The summed E-state index contributed by atoms with van der Waals surface area (Å²) in [6, 6.07) is 8.31. The van der Waals surface area contributed by atoms with Gasteiger partial charge in [-0.05, 0) is 61.2 Å². The molecule has 0 amide bonds. The Hall–Kier alpha value is -1.32. The Morgan fingerprint density at radius 3 is 2.28 bits per heavy atom. The van der Waals surface area contributed by atoms with Crippen LogP contribution < -0.4 is 4.43 Å². The fourth-order valence-electron chi connectivity index (χ4n) is 2.21. The molecule has 0 saturated carbocycles. The Labute approximate surface area is 155 Å². The molecule has 1 aromatic rings. The van der Waals surface area contributed by atoms with Gasteiger partial charge in [-0.1, -0.05) is 65.0 Å². The minimum atomic E-state index is -1.83. The van der Waals surface area contributed by atoms with Gasteiger partial charge in [0.1, 0.15) is 5.75 Å². The first-order valence-electron chi connectivity index (χ1n) is 9.32. The van der Waals surface area contributed by atoms with Gasteiger partial charge < -0.3 is 9.53 Å². The van der Waals surface area contributed by atoms with E-state index >= 15 is 0 Å². The van der Waals surface area contributed by atoms with Crippen LogP contribution in [0.2, 0.25) is 18.1 Å². The highest BCUT2D eigenvalue weighted by Gasteiger charge is 2.38. The standard InChI is InChI=1S/C22H36O2Si/c1-9-22(23,10-2)16-12-13-18(3)19-14-11-15-20(17-19)24-25(7,8)21(4,5)6/h11-17,23H,9-10H2,1-8H3/b16-12-,18-13?. The molecule has 0 radical (unpaired) electrons. The molecule has 0 bridgehead atoms. The zero-order chi connectivity index (χ0) is 19.3. The molecule has 25 heavy (non-hydrogen) atoms. The zero-order valence-corrected chi connectivity index (χ0v) is 18.3. The lowest BCUT2D eigenvalue weighted by Crippen LogP contribution is -2.43. The van der Waals surface area contributed by atoms with Gasteiger partial charge in [-0.15, -0.1) is 0 Å². The summed E-state index contributed by atoms with van der Waals surface area (Å²) in [5.41, 5.74) is 1.60. The third kappa shape index (κ3) is 6.16. The Kier molecular flexibility index (Phi) is 7.27. The average Bonchev–Trinajstić information content (AvgIpc) is 2.53. The maximum Gasteiger partial charge on any atom is 0.250 e. The van der Waals surface area contributed by atoms with Gasteiger partial charge in [-0.3, -0.25) is 0 Å². The largest absolute Gasteiger partial charge is 0.543 e. The van der Waals surface area contributed by atoms with Crippen LogP contribution in [0.3, 0.4) is 0 Å². The topological polar surface area (TPSA) is 29.5 Å². The summed E-state index contributed by atoms with van der Waals surface area (Å²) in [6.07, 6.45) is 7.36. The predicted molar refractivity (Wildman–Crippen MR) is 113 cm³/mol. The monoisotopic (exact) mass is 360 g/mol. The van der Waals surface area contributed by atoms with E-state index in [4.69, 9.17) is 4.43 Å². The zero-order valence-electron chi connectivity index (χ0n) is 17.3. The Morgan fingerprint density at radius 1 is 1.16 bits per heavy atom. The first-order chi connectivity index (χ1) is 11.4. The van der Waals surface area contributed by atoms with Crippen LogP contribution >= 0.6 is 0 Å². The summed E-state index contributed by atoms with van der Waals surface area (Å²) >= 11 is 0. The highest BCUT2D eigenvalue weighted by Crippen LogP contribution is 2.37. The summed E-state index contributed by atoms with van der Waals surface area (Å²) < 4.78 is 6.40. The van der Waals surface area contributed by atoms with Crippen LogP contribution in [0.25, 0.3) is 5.57 Å². The second kappa shape index (κ2) is 8.37. The average molecular weight is 361 g/mol. The fourth-order valence-corrected chi connectivity index (χ4v) is 3.23. The summed E-state index contributed by atoms with van der Waals surface area (Å²) in [7, 11) is -1.83. The summed E-state index contributed by atoms with van der Waals surface area (Å²) in [4.78, 5) is 0. The molecule has 1 aromatic carbocycles. The van der Waals surface area contributed by atoms with Crippen LogP contribution in [-0.2, 0) is 0 Å². The van der Waals surface area contributed by atoms with Crippen LogP contribution in [0, 0.1) is 0 Å². The van der Waals surface area contributed by atoms with Crippen LogP contribution in [0.4, 0.5) is 0 Å². The van der Waals surface area contributed by atoms with E-state index in [1.807, 2.05) is 38.1 Å². The molecule has 3 heteroatoms. The summed E-state index contributed by atoms with van der Waals surface area (Å²) in [6.45, 7) is 17.4. The molecule has 0 aliphatic heterocycles. The lowest BCUT2D eigenvalue weighted by atomic mass is 9.96. The van der Waals surface area contributed by atoms with Gasteiger partial charge in [0, 0.05) is 0 Å². The minimum absolute atomic E-state index is 0.182. The molecule has 0 saturated heterocycles. The van der Waals surface area contributed by atoms with Crippen molar-refractivity contribution in [1.82, 2.24) is 0 Å². The first-order valence-corrected chi connectivity index (χ1v) is 12.2. The van der Waals surface area contributed by atoms with Crippen LogP contribution in [-0.4, -0.2) is 19.0 Å². The van der Waals surface area contributed by atoms with Crippen molar-refractivity contribution in [2.45, 2.75) is 78.1 Å². The molecular formula is C22H36O2Si. The van der Waals surface area contributed by atoms with Gasteiger partial charge in [-0.2, -0.15) is 0 Å². The summed E-state index contributed by atoms with van der Waals surface area (Å²) in [5, 5.41) is 10.5. The number of allylic oxidation sites excluding steroid dienone is 3. The third-order valence-electron chi connectivity index (χ3n) is 5.45. The Bertz CT molecular complexity index is 617. The van der Waals surface area contributed by atoms with E-state index in [9.17, 15) is 5.11 Å². The smallest absolute Gasteiger partial charge is 0.250 e. The molecule has 2 nitrogen and oxygen atoms in total. The molecular weight excluding hydrogens is 324 g/mol. The Balaban J connectivity index is 2.97. The van der Waals surface area contributed by atoms with Gasteiger partial charge in [0.25, 0.3) is 0 Å². The number of aliphatic hydroxyl groups is 1. The normalized spacial score (nSPS) is 14.2. The lowest BCUT2D eigenvalue weighted by Gasteiger charge is -2.36. The van der Waals surface area contributed by atoms with Crippen molar-refractivity contribution >= 4 is 13.9 Å². The summed E-state index contributed by atoms with van der Waals surface area (Å²) in [5.74, 6) is 0.944. The van der Waals surface area contributed by atoms with Gasteiger partial charge in [0.2, 0.25) is 8.32 Å². The predicted octanol–water partition coefficient (Wildman–Crippen LogP) is 6.58. The highest BCUT2D eigenvalue weighted by molar-refractivity contribution is 6.74. The molecule has 0 aliphatic carbocycles. The Morgan fingerprint density at radius 2 is 1.76 bits per heavy atom. The molecule has 140 valence electrons. The van der Waals surface area contributed by atoms with E-state index in [0.717, 1.165) is 29.7 Å². The molecule has 1 rings (SSSR count). The van der Waals surface area contributed by atoms with Gasteiger partial charge >= 0.3 is 0 Å². The third-order valence-corrected chi connectivity index (χ3v) is 9.80. The van der Waals surface area contributed by atoms with Crippen molar-refractivity contribution < 1.29 is 9.53 Å². The molecule has 0 aromatic heterocycles. The number of hydrogen-bond donors (Lipinski definition) is 1. The van der Waals surface area contributed by atoms with Gasteiger partial charge in [0.15, 0.2) is 0 Å². The number of hydrogen-bond acceptors (Lipinski definition) is 2. The lowest BCUT2D eigenvalue weighted by molar-refractivity contribution is 0.0828. The van der Waals surface area contributed by atoms with Crippen molar-refractivity contribution in [1.29, 1.82) is 0 Å². The molecule has 0 fully saturated rings. The first kappa shape index (κ1) is 21.7. The highest BCUT2D eigenvalue weighted by atomic mass is 28.4. The molecule has 0 heterocycles. The minimum Gasteiger partial charge on any atom is -0.543 e. The fraction of sp³-hybridized carbons (Fsp3) is 0.545. The maximum atomic E-state index is 10.3. The van der Waals surface area contributed by atoms with Crippen LogP contribution in [0.5, 0.6) is 5.75 Å². The van der Waals surface area contributed by atoms with E-state index in [0.29, 0.717) is 0 Å². The molecule has 0 unspecified atom stereocenters.